The number of aliphatic hydroxyl groups excluding tert-OH is 1. The second-order valence-electron chi connectivity index (χ2n) is 3.82. The zero-order valence-corrected chi connectivity index (χ0v) is 9.06. The highest BCUT2D eigenvalue weighted by Crippen LogP contribution is 2.33. The Morgan fingerprint density at radius 1 is 1.33 bits per heavy atom. The molecular formula is C12H16O3. The van der Waals surface area contributed by atoms with Crippen LogP contribution in [0.5, 0.6) is 5.75 Å². The van der Waals surface area contributed by atoms with E-state index in [0.29, 0.717) is 0 Å². The molecule has 0 amide bonds. The molecule has 0 heterocycles. The van der Waals surface area contributed by atoms with E-state index in [-0.39, 0.29) is 6.10 Å². The lowest BCUT2D eigenvalue weighted by atomic mass is 9.87. The average Bonchev–Trinajstić information content (AvgIpc) is 2.29. The highest BCUT2D eigenvalue weighted by atomic mass is 16.5. The number of benzene rings is 1. The quantitative estimate of drug-likeness (QED) is 0.803. The van der Waals surface area contributed by atoms with Gasteiger partial charge < -0.3 is 14.6 Å². The van der Waals surface area contributed by atoms with Crippen molar-refractivity contribution in [3.8, 4) is 5.75 Å². The summed E-state index contributed by atoms with van der Waals surface area (Å²) in [7, 11) is 3.29. The van der Waals surface area contributed by atoms with Gasteiger partial charge in [-0.2, -0.15) is 0 Å². The van der Waals surface area contributed by atoms with E-state index >= 15 is 0 Å². The van der Waals surface area contributed by atoms with Crippen LogP contribution in [-0.2, 0) is 11.2 Å². The van der Waals surface area contributed by atoms with Gasteiger partial charge in [-0.1, -0.05) is 6.07 Å². The van der Waals surface area contributed by atoms with E-state index < -0.39 is 6.10 Å². The Labute approximate surface area is 89.6 Å². The lowest BCUT2D eigenvalue weighted by molar-refractivity contribution is -0.0236. The molecule has 2 atom stereocenters. The third kappa shape index (κ3) is 1.85. The molecule has 15 heavy (non-hydrogen) atoms. The van der Waals surface area contributed by atoms with Crippen LogP contribution in [0.4, 0.5) is 0 Å². The minimum Gasteiger partial charge on any atom is -0.497 e. The molecule has 0 radical (unpaired) electrons. The van der Waals surface area contributed by atoms with Gasteiger partial charge in [-0.3, -0.25) is 0 Å². The van der Waals surface area contributed by atoms with Crippen LogP contribution in [0.1, 0.15) is 23.7 Å². The molecule has 2 unspecified atom stereocenters. The van der Waals surface area contributed by atoms with Gasteiger partial charge in [-0.15, -0.1) is 0 Å². The van der Waals surface area contributed by atoms with Gasteiger partial charge in [0.05, 0.1) is 13.2 Å². The highest BCUT2D eigenvalue weighted by molar-refractivity contribution is 5.39. The van der Waals surface area contributed by atoms with Crippen molar-refractivity contribution in [1.29, 1.82) is 0 Å². The summed E-state index contributed by atoms with van der Waals surface area (Å²) >= 11 is 0. The van der Waals surface area contributed by atoms with Crippen LogP contribution in [-0.4, -0.2) is 25.4 Å². The van der Waals surface area contributed by atoms with Crippen LogP contribution in [0.3, 0.4) is 0 Å². The molecule has 82 valence electrons. The maximum Gasteiger partial charge on any atom is 0.119 e. The van der Waals surface area contributed by atoms with Crippen molar-refractivity contribution in [1.82, 2.24) is 0 Å². The van der Waals surface area contributed by atoms with Gasteiger partial charge in [0.15, 0.2) is 0 Å². The van der Waals surface area contributed by atoms with Gasteiger partial charge in [-0.05, 0) is 36.1 Å². The summed E-state index contributed by atoms with van der Waals surface area (Å²) < 4.78 is 10.4. The first-order valence-corrected chi connectivity index (χ1v) is 5.14. The maximum absolute atomic E-state index is 10.0. The van der Waals surface area contributed by atoms with Crippen LogP contribution in [0.25, 0.3) is 0 Å². The van der Waals surface area contributed by atoms with E-state index in [1.807, 2.05) is 18.2 Å². The van der Waals surface area contributed by atoms with Crippen molar-refractivity contribution in [2.45, 2.75) is 25.0 Å². The van der Waals surface area contributed by atoms with E-state index in [0.717, 1.165) is 29.7 Å². The van der Waals surface area contributed by atoms with E-state index in [9.17, 15) is 5.11 Å². The monoisotopic (exact) mass is 208 g/mol. The first-order valence-electron chi connectivity index (χ1n) is 5.14. The van der Waals surface area contributed by atoms with Crippen LogP contribution in [0.15, 0.2) is 18.2 Å². The lowest BCUT2D eigenvalue weighted by Crippen LogP contribution is -2.26. The van der Waals surface area contributed by atoms with E-state index in [1.54, 1.807) is 14.2 Å². The summed E-state index contributed by atoms with van der Waals surface area (Å²) in [5.74, 6) is 0.844. The molecule has 3 heteroatoms. The Morgan fingerprint density at radius 3 is 2.80 bits per heavy atom. The van der Waals surface area contributed by atoms with Crippen molar-refractivity contribution < 1.29 is 14.6 Å². The van der Waals surface area contributed by atoms with Crippen molar-refractivity contribution in [3.05, 3.63) is 29.3 Å². The number of methoxy groups -OCH3 is 2. The summed E-state index contributed by atoms with van der Waals surface area (Å²) in [4.78, 5) is 0. The summed E-state index contributed by atoms with van der Waals surface area (Å²) in [6.07, 6.45) is 1.20. The zero-order chi connectivity index (χ0) is 10.8. The Balaban J connectivity index is 2.33. The highest BCUT2D eigenvalue weighted by Gasteiger charge is 2.27. The third-order valence-electron chi connectivity index (χ3n) is 3.02. The van der Waals surface area contributed by atoms with Crippen molar-refractivity contribution >= 4 is 0 Å². The minimum absolute atomic E-state index is 0.0779. The fourth-order valence-electron chi connectivity index (χ4n) is 2.12. The maximum atomic E-state index is 10.0. The number of aryl methyl sites for hydroxylation is 1. The molecule has 0 fully saturated rings. The normalized spacial score (nSPS) is 24.7. The number of hydrogen-bond acceptors (Lipinski definition) is 3. The standard InChI is InChI=1S/C12H16O3/c1-14-9-4-5-10-8(7-9)3-6-11(15-2)12(10)13/h4-5,7,11-13H,3,6H2,1-2H3. The summed E-state index contributed by atoms with van der Waals surface area (Å²) in [6, 6.07) is 5.79. The van der Waals surface area contributed by atoms with Gasteiger partial charge in [-0.25, -0.2) is 0 Å². The molecule has 0 saturated carbocycles. The number of hydrogen-bond donors (Lipinski definition) is 1. The third-order valence-corrected chi connectivity index (χ3v) is 3.02. The van der Waals surface area contributed by atoms with Crippen LogP contribution >= 0.6 is 0 Å². The molecular weight excluding hydrogens is 192 g/mol. The number of rotatable bonds is 2. The molecule has 0 spiro atoms. The van der Waals surface area contributed by atoms with Gasteiger partial charge in [0.2, 0.25) is 0 Å². The SMILES string of the molecule is COc1ccc2c(c1)CCC(OC)C2O. The summed E-state index contributed by atoms with van der Waals surface area (Å²) in [5.41, 5.74) is 2.13. The molecule has 0 saturated heterocycles. The molecule has 0 aliphatic heterocycles. The van der Waals surface area contributed by atoms with Crippen LogP contribution in [0, 0.1) is 0 Å². The molecule has 1 aliphatic rings. The number of aliphatic hydroxyl groups is 1. The minimum atomic E-state index is -0.510. The fourth-order valence-corrected chi connectivity index (χ4v) is 2.12. The van der Waals surface area contributed by atoms with Crippen molar-refractivity contribution in [3.63, 3.8) is 0 Å². The van der Waals surface area contributed by atoms with Gasteiger partial charge in [0.25, 0.3) is 0 Å². The van der Waals surface area contributed by atoms with Gasteiger partial charge >= 0.3 is 0 Å². The average molecular weight is 208 g/mol. The second kappa shape index (κ2) is 4.21. The van der Waals surface area contributed by atoms with Crippen molar-refractivity contribution in [2.75, 3.05) is 14.2 Å². The lowest BCUT2D eigenvalue weighted by Gasteiger charge is -2.29. The smallest absolute Gasteiger partial charge is 0.119 e. The molecule has 1 aromatic rings. The Morgan fingerprint density at radius 2 is 2.13 bits per heavy atom. The molecule has 3 nitrogen and oxygen atoms in total. The van der Waals surface area contributed by atoms with Gasteiger partial charge in [0.1, 0.15) is 11.9 Å². The zero-order valence-electron chi connectivity index (χ0n) is 9.06. The predicted molar refractivity (Wildman–Crippen MR) is 57.1 cm³/mol. The summed E-state index contributed by atoms with van der Waals surface area (Å²) in [6.45, 7) is 0. The van der Waals surface area contributed by atoms with E-state index in [1.165, 1.54) is 0 Å². The van der Waals surface area contributed by atoms with Gasteiger partial charge in [0, 0.05) is 7.11 Å². The second-order valence-corrected chi connectivity index (χ2v) is 3.82. The van der Waals surface area contributed by atoms with Crippen LogP contribution < -0.4 is 4.74 Å². The van der Waals surface area contributed by atoms with E-state index in [4.69, 9.17) is 9.47 Å². The molecule has 2 rings (SSSR count). The largest absolute Gasteiger partial charge is 0.497 e. The molecule has 0 aromatic heterocycles. The molecule has 1 aliphatic carbocycles. The Kier molecular flexibility index (Phi) is 2.93. The number of ether oxygens (including phenoxy) is 2. The molecule has 1 aromatic carbocycles. The molecule has 1 N–H and O–H groups in total. The molecule has 0 bridgehead atoms. The topological polar surface area (TPSA) is 38.7 Å². The van der Waals surface area contributed by atoms with Crippen LogP contribution in [0.2, 0.25) is 0 Å². The van der Waals surface area contributed by atoms with Crippen molar-refractivity contribution in [2.24, 2.45) is 0 Å². The number of fused-ring (bicyclic) bond motifs is 1. The van der Waals surface area contributed by atoms with E-state index in [2.05, 4.69) is 0 Å². The Bertz CT molecular complexity index is 349. The summed E-state index contributed by atoms with van der Waals surface area (Å²) in [5, 5.41) is 10.0. The fraction of sp³-hybridized carbons (Fsp3) is 0.500. The first kappa shape index (κ1) is 10.5. The predicted octanol–water partition coefficient (Wildman–Crippen LogP) is 1.69. The first-order chi connectivity index (χ1) is 7.26. The Hall–Kier alpha value is -1.06.